The van der Waals surface area contributed by atoms with Crippen molar-refractivity contribution in [3.8, 4) is 0 Å². The van der Waals surface area contributed by atoms with Crippen molar-refractivity contribution in [2.24, 2.45) is 5.73 Å². The fraction of sp³-hybridized carbons (Fsp3) is 0.167. The molecule has 16 heavy (non-hydrogen) atoms. The Morgan fingerprint density at radius 2 is 2.06 bits per heavy atom. The zero-order valence-corrected chi connectivity index (χ0v) is 9.27. The number of anilines is 1. The number of nitrogens with two attached hydrogens (primary N) is 1. The molecule has 1 amide bonds. The minimum absolute atomic E-state index is 0.321. The first-order valence-corrected chi connectivity index (χ1v) is 4.95. The maximum absolute atomic E-state index is 11.2. The quantitative estimate of drug-likeness (QED) is 0.823. The number of nitrogens with zero attached hydrogens (tertiary/aromatic N) is 2. The Bertz CT molecular complexity index is 549. The summed E-state index contributed by atoms with van der Waals surface area (Å²) in [5.74, 6) is -0.499. The Balaban J connectivity index is 2.73. The molecule has 0 aliphatic heterocycles. The highest BCUT2D eigenvalue weighted by atomic mass is 16.1. The molecular formula is C12H13N3O. The van der Waals surface area contributed by atoms with E-state index in [1.54, 1.807) is 6.20 Å². The molecule has 2 aromatic rings. The number of fused-ring (bicyclic) bond motifs is 1. The molecule has 0 fully saturated rings. The summed E-state index contributed by atoms with van der Waals surface area (Å²) < 4.78 is 0. The van der Waals surface area contributed by atoms with Crippen molar-refractivity contribution in [3.63, 3.8) is 0 Å². The molecule has 0 spiro atoms. The monoisotopic (exact) mass is 215 g/mol. The topological polar surface area (TPSA) is 59.2 Å². The van der Waals surface area contributed by atoms with Gasteiger partial charge in [0.25, 0.3) is 5.91 Å². The molecule has 1 heterocycles. The Labute approximate surface area is 93.7 Å². The van der Waals surface area contributed by atoms with Crippen molar-refractivity contribution >= 4 is 22.4 Å². The van der Waals surface area contributed by atoms with Crippen molar-refractivity contribution in [3.05, 3.63) is 36.2 Å². The summed E-state index contributed by atoms with van der Waals surface area (Å²) in [7, 11) is 3.89. The number of aromatic nitrogens is 1. The van der Waals surface area contributed by atoms with Crippen molar-refractivity contribution in [1.82, 2.24) is 4.98 Å². The lowest BCUT2D eigenvalue weighted by molar-refractivity contribution is 0.0997. The average Bonchev–Trinajstić information content (AvgIpc) is 2.27. The molecule has 0 atom stereocenters. The first-order chi connectivity index (χ1) is 7.59. The smallest absolute Gasteiger partial charge is 0.267 e. The molecule has 0 aliphatic rings. The van der Waals surface area contributed by atoms with Crippen LogP contribution in [0.3, 0.4) is 0 Å². The van der Waals surface area contributed by atoms with E-state index in [0.717, 1.165) is 16.5 Å². The van der Waals surface area contributed by atoms with Crippen molar-refractivity contribution in [2.45, 2.75) is 0 Å². The molecule has 4 nitrogen and oxygen atoms in total. The normalized spacial score (nSPS) is 10.4. The van der Waals surface area contributed by atoms with Gasteiger partial charge in [-0.2, -0.15) is 0 Å². The van der Waals surface area contributed by atoms with Gasteiger partial charge in [-0.25, -0.2) is 0 Å². The van der Waals surface area contributed by atoms with E-state index in [1.807, 2.05) is 43.3 Å². The molecule has 0 aliphatic carbocycles. The third-order valence-electron chi connectivity index (χ3n) is 2.50. The van der Waals surface area contributed by atoms with Gasteiger partial charge < -0.3 is 10.6 Å². The van der Waals surface area contributed by atoms with Crippen LogP contribution in [0.1, 0.15) is 10.5 Å². The lowest BCUT2D eigenvalue weighted by atomic mass is 10.1. The predicted octanol–water partition coefficient (Wildman–Crippen LogP) is 1.40. The minimum atomic E-state index is -0.499. The largest absolute Gasteiger partial charge is 0.378 e. The number of amides is 1. The van der Waals surface area contributed by atoms with Crippen LogP contribution in [0.25, 0.3) is 10.8 Å². The molecular weight excluding hydrogens is 202 g/mol. The average molecular weight is 215 g/mol. The number of rotatable bonds is 2. The third-order valence-corrected chi connectivity index (χ3v) is 2.50. The molecule has 1 aromatic heterocycles. The molecule has 0 saturated carbocycles. The summed E-state index contributed by atoms with van der Waals surface area (Å²) >= 11 is 0. The van der Waals surface area contributed by atoms with Gasteiger partial charge in [-0.3, -0.25) is 9.78 Å². The van der Waals surface area contributed by atoms with Gasteiger partial charge in [-0.05, 0) is 23.6 Å². The lowest BCUT2D eigenvalue weighted by Gasteiger charge is -2.13. The fourth-order valence-corrected chi connectivity index (χ4v) is 1.63. The zero-order chi connectivity index (χ0) is 11.7. The molecule has 2 rings (SSSR count). The zero-order valence-electron chi connectivity index (χ0n) is 9.27. The highest BCUT2D eigenvalue weighted by Crippen LogP contribution is 2.22. The van der Waals surface area contributed by atoms with Gasteiger partial charge in [0.2, 0.25) is 0 Å². The number of pyridine rings is 1. The molecule has 0 saturated heterocycles. The first kappa shape index (κ1) is 10.4. The molecule has 1 aromatic carbocycles. The van der Waals surface area contributed by atoms with Crippen LogP contribution in [0, 0.1) is 0 Å². The second-order valence-corrected chi connectivity index (χ2v) is 3.82. The highest BCUT2D eigenvalue weighted by Gasteiger charge is 2.08. The SMILES string of the molecule is CN(C)c1ccc2ccnc(C(N)=O)c2c1. The van der Waals surface area contributed by atoms with Gasteiger partial charge >= 0.3 is 0 Å². The number of carbonyl (C=O) groups is 1. The number of hydrogen-bond acceptors (Lipinski definition) is 3. The summed E-state index contributed by atoms with van der Waals surface area (Å²) in [5, 5.41) is 1.76. The lowest BCUT2D eigenvalue weighted by Crippen LogP contribution is -2.14. The van der Waals surface area contributed by atoms with E-state index in [0.29, 0.717) is 5.69 Å². The van der Waals surface area contributed by atoms with Gasteiger partial charge in [0.15, 0.2) is 0 Å². The summed E-state index contributed by atoms with van der Waals surface area (Å²) in [6, 6.07) is 7.73. The van der Waals surface area contributed by atoms with Gasteiger partial charge in [0.1, 0.15) is 5.69 Å². The molecule has 0 unspecified atom stereocenters. The Kier molecular flexibility index (Phi) is 2.48. The van der Waals surface area contributed by atoms with Crippen LogP contribution in [0.5, 0.6) is 0 Å². The van der Waals surface area contributed by atoms with Crippen LogP contribution in [-0.4, -0.2) is 25.0 Å². The second kappa shape index (κ2) is 3.81. The standard InChI is InChI=1S/C12H13N3O/c1-15(2)9-4-3-8-5-6-14-11(12(13)16)10(8)7-9/h3-7H,1-2H3,(H2,13,16). The van der Waals surface area contributed by atoms with Gasteiger partial charge in [0.05, 0.1) is 0 Å². The predicted molar refractivity (Wildman–Crippen MR) is 64.6 cm³/mol. The van der Waals surface area contributed by atoms with Crippen molar-refractivity contribution in [1.29, 1.82) is 0 Å². The summed E-state index contributed by atoms with van der Waals surface area (Å²) in [6.45, 7) is 0. The van der Waals surface area contributed by atoms with E-state index >= 15 is 0 Å². The molecule has 4 heteroatoms. The van der Waals surface area contributed by atoms with E-state index in [4.69, 9.17) is 5.73 Å². The Hall–Kier alpha value is -2.10. The molecule has 2 N–H and O–H groups in total. The number of hydrogen-bond donors (Lipinski definition) is 1. The molecule has 0 radical (unpaired) electrons. The maximum Gasteiger partial charge on any atom is 0.267 e. The van der Waals surface area contributed by atoms with Crippen LogP contribution in [-0.2, 0) is 0 Å². The van der Waals surface area contributed by atoms with Crippen molar-refractivity contribution in [2.75, 3.05) is 19.0 Å². The maximum atomic E-state index is 11.2. The van der Waals surface area contributed by atoms with E-state index in [9.17, 15) is 4.79 Å². The van der Waals surface area contributed by atoms with E-state index in [2.05, 4.69) is 4.98 Å². The summed E-state index contributed by atoms with van der Waals surface area (Å²) in [4.78, 5) is 17.2. The number of benzene rings is 1. The van der Waals surface area contributed by atoms with E-state index in [1.165, 1.54) is 0 Å². The van der Waals surface area contributed by atoms with Crippen LogP contribution >= 0.6 is 0 Å². The first-order valence-electron chi connectivity index (χ1n) is 4.95. The van der Waals surface area contributed by atoms with Crippen LogP contribution < -0.4 is 10.6 Å². The van der Waals surface area contributed by atoms with Crippen molar-refractivity contribution < 1.29 is 4.79 Å². The van der Waals surface area contributed by atoms with Gasteiger partial charge in [-0.1, -0.05) is 6.07 Å². The fourth-order valence-electron chi connectivity index (χ4n) is 1.63. The molecule has 82 valence electrons. The van der Waals surface area contributed by atoms with Gasteiger partial charge in [0, 0.05) is 31.4 Å². The summed E-state index contributed by atoms with van der Waals surface area (Å²) in [6.07, 6.45) is 1.60. The molecule has 0 bridgehead atoms. The van der Waals surface area contributed by atoms with Crippen LogP contribution in [0.2, 0.25) is 0 Å². The van der Waals surface area contributed by atoms with E-state index in [-0.39, 0.29) is 0 Å². The van der Waals surface area contributed by atoms with Crippen LogP contribution in [0.4, 0.5) is 5.69 Å². The van der Waals surface area contributed by atoms with Gasteiger partial charge in [-0.15, -0.1) is 0 Å². The Morgan fingerprint density at radius 3 is 2.69 bits per heavy atom. The highest BCUT2D eigenvalue weighted by molar-refractivity contribution is 6.05. The number of carbonyl (C=O) groups excluding carboxylic acids is 1. The Morgan fingerprint density at radius 1 is 1.31 bits per heavy atom. The third kappa shape index (κ3) is 1.69. The number of primary amides is 1. The minimum Gasteiger partial charge on any atom is -0.378 e. The second-order valence-electron chi connectivity index (χ2n) is 3.82. The summed E-state index contributed by atoms with van der Waals surface area (Å²) in [5.41, 5.74) is 6.63. The van der Waals surface area contributed by atoms with Crippen LogP contribution in [0.15, 0.2) is 30.5 Å². The van der Waals surface area contributed by atoms with E-state index < -0.39 is 5.91 Å².